The summed E-state index contributed by atoms with van der Waals surface area (Å²) < 4.78 is 0. The lowest BCUT2D eigenvalue weighted by atomic mass is 10.0. The summed E-state index contributed by atoms with van der Waals surface area (Å²) in [4.78, 5) is 4.41. The molecule has 1 unspecified atom stereocenters. The summed E-state index contributed by atoms with van der Waals surface area (Å²) in [5.74, 6) is 0. The molecule has 0 radical (unpaired) electrons. The monoisotopic (exact) mass is 342 g/mol. The molecule has 0 bridgehead atoms. The fourth-order valence-electron chi connectivity index (χ4n) is 2.12. The summed E-state index contributed by atoms with van der Waals surface area (Å²) in [6, 6.07) is 9.39. The van der Waals surface area contributed by atoms with Gasteiger partial charge in [0.2, 0.25) is 0 Å². The van der Waals surface area contributed by atoms with Crippen molar-refractivity contribution in [3.05, 3.63) is 62.9 Å². The quantitative estimate of drug-likeness (QED) is 0.767. The van der Waals surface area contributed by atoms with Crippen LogP contribution in [0.25, 0.3) is 0 Å². The molecule has 1 heterocycles. The SMILES string of the molecule is CCCNC(Cc1c(Cl)cccc1Cl)c1ccc(Cl)cn1. The zero-order valence-electron chi connectivity index (χ0n) is 11.7. The topological polar surface area (TPSA) is 24.9 Å². The Labute approximate surface area is 140 Å². The lowest BCUT2D eigenvalue weighted by molar-refractivity contribution is 0.518. The van der Waals surface area contributed by atoms with E-state index in [1.807, 2.05) is 30.3 Å². The highest BCUT2D eigenvalue weighted by Crippen LogP contribution is 2.29. The van der Waals surface area contributed by atoms with Crippen LogP contribution >= 0.6 is 34.8 Å². The van der Waals surface area contributed by atoms with Gasteiger partial charge in [-0.2, -0.15) is 0 Å². The number of pyridine rings is 1. The molecule has 2 rings (SSSR count). The largest absolute Gasteiger partial charge is 0.308 e. The second kappa shape index (κ2) is 8.00. The smallest absolute Gasteiger partial charge is 0.0589 e. The van der Waals surface area contributed by atoms with Gasteiger partial charge in [0.05, 0.1) is 16.8 Å². The van der Waals surface area contributed by atoms with Crippen LogP contribution in [0.1, 0.15) is 30.6 Å². The summed E-state index contributed by atoms with van der Waals surface area (Å²) >= 11 is 18.4. The molecule has 112 valence electrons. The molecule has 0 fully saturated rings. The molecule has 21 heavy (non-hydrogen) atoms. The summed E-state index contributed by atoms with van der Waals surface area (Å²) in [5, 5.41) is 5.47. The number of nitrogens with zero attached hydrogens (tertiary/aromatic N) is 1. The summed E-state index contributed by atoms with van der Waals surface area (Å²) in [6.45, 7) is 3.03. The lowest BCUT2D eigenvalue weighted by Crippen LogP contribution is -2.25. The Balaban J connectivity index is 2.26. The Kier molecular flexibility index (Phi) is 6.31. The molecule has 0 saturated carbocycles. The van der Waals surface area contributed by atoms with Crippen molar-refractivity contribution in [3.63, 3.8) is 0 Å². The first-order valence-electron chi connectivity index (χ1n) is 6.89. The fourth-order valence-corrected chi connectivity index (χ4v) is 2.79. The van der Waals surface area contributed by atoms with Crippen molar-refractivity contribution in [1.29, 1.82) is 0 Å². The van der Waals surface area contributed by atoms with Crippen molar-refractivity contribution < 1.29 is 0 Å². The van der Waals surface area contributed by atoms with Crippen LogP contribution in [0.4, 0.5) is 0 Å². The van der Waals surface area contributed by atoms with Crippen molar-refractivity contribution >= 4 is 34.8 Å². The van der Waals surface area contributed by atoms with Crippen molar-refractivity contribution in [2.45, 2.75) is 25.8 Å². The third-order valence-electron chi connectivity index (χ3n) is 3.22. The van der Waals surface area contributed by atoms with Crippen LogP contribution in [-0.2, 0) is 6.42 Å². The average molecular weight is 344 g/mol. The first kappa shape index (κ1) is 16.6. The molecule has 2 aromatic rings. The van der Waals surface area contributed by atoms with Gasteiger partial charge in [-0.1, -0.05) is 47.8 Å². The number of halogens is 3. The van der Waals surface area contributed by atoms with Gasteiger partial charge in [0.1, 0.15) is 0 Å². The molecule has 1 atom stereocenters. The normalized spacial score (nSPS) is 12.4. The van der Waals surface area contributed by atoms with Crippen LogP contribution in [0.2, 0.25) is 15.1 Å². The maximum Gasteiger partial charge on any atom is 0.0589 e. The zero-order valence-corrected chi connectivity index (χ0v) is 14.0. The second-order valence-corrected chi connectivity index (χ2v) is 6.06. The number of hydrogen-bond donors (Lipinski definition) is 1. The molecule has 0 saturated heterocycles. The van der Waals surface area contributed by atoms with Crippen LogP contribution in [0.15, 0.2) is 36.5 Å². The van der Waals surface area contributed by atoms with Gasteiger partial charge in [0, 0.05) is 16.2 Å². The summed E-state index contributed by atoms with van der Waals surface area (Å²) in [7, 11) is 0. The van der Waals surface area contributed by atoms with Gasteiger partial charge in [-0.05, 0) is 49.2 Å². The third-order valence-corrected chi connectivity index (χ3v) is 4.15. The molecule has 0 aliphatic heterocycles. The first-order valence-corrected chi connectivity index (χ1v) is 8.03. The van der Waals surface area contributed by atoms with Crippen LogP contribution in [-0.4, -0.2) is 11.5 Å². The number of rotatable bonds is 6. The van der Waals surface area contributed by atoms with Gasteiger partial charge in [-0.25, -0.2) is 0 Å². The fraction of sp³-hybridized carbons (Fsp3) is 0.312. The van der Waals surface area contributed by atoms with Gasteiger partial charge in [0.25, 0.3) is 0 Å². The van der Waals surface area contributed by atoms with Crippen LogP contribution < -0.4 is 5.32 Å². The Morgan fingerprint density at radius 2 is 1.81 bits per heavy atom. The van der Waals surface area contributed by atoms with E-state index >= 15 is 0 Å². The third kappa shape index (κ3) is 4.58. The Morgan fingerprint density at radius 1 is 1.10 bits per heavy atom. The molecule has 0 spiro atoms. The predicted molar refractivity (Wildman–Crippen MR) is 90.4 cm³/mol. The van der Waals surface area contributed by atoms with Crippen molar-refractivity contribution in [3.8, 4) is 0 Å². The molecule has 0 aliphatic carbocycles. The van der Waals surface area contributed by atoms with E-state index in [2.05, 4.69) is 17.2 Å². The Morgan fingerprint density at radius 3 is 2.38 bits per heavy atom. The number of aromatic nitrogens is 1. The number of hydrogen-bond acceptors (Lipinski definition) is 2. The van der Waals surface area contributed by atoms with E-state index in [0.717, 1.165) is 24.2 Å². The molecule has 2 nitrogen and oxygen atoms in total. The predicted octanol–water partition coefficient (Wildman–Crippen LogP) is 5.33. The van der Waals surface area contributed by atoms with Gasteiger partial charge in [-0.15, -0.1) is 0 Å². The standard InChI is InChI=1S/C16H17Cl3N2/c1-2-8-20-16(15-7-6-11(17)10-21-15)9-12-13(18)4-3-5-14(12)19/h3-7,10,16,20H,2,8-9H2,1H3. The van der Waals surface area contributed by atoms with E-state index < -0.39 is 0 Å². The van der Waals surface area contributed by atoms with Crippen LogP contribution in [0.3, 0.4) is 0 Å². The molecular weight excluding hydrogens is 327 g/mol. The Hall–Kier alpha value is -0.800. The minimum atomic E-state index is 0.0552. The lowest BCUT2D eigenvalue weighted by Gasteiger charge is -2.19. The molecule has 0 aliphatic rings. The molecule has 0 amide bonds. The van der Waals surface area contributed by atoms with Crippen molar-refractivity contribution in [2.24, 2.45) is 0 Å². The van der Waals surface area contributed by atoms with Crippen LogP contribution in [0.5, 0.6) is 0 Å². The maximum atomic E-state index is 6.27. The van der Waals surface area contributed by atoms with Gasteiger partial charge >= 0.3 is 0 Å². The minimum Gasteiger partial charge on any atom is -0.308 e. The molecular formula is C16H17Cl3N2. The van der Waals surface area contributed by atoms with E-state index in [9.17, 15) is 0 Å². The summed E-state index contributed by atoms with van der Waals surface area (Å²) in [6.07, 6.45) is 3.39. The van der Waals surface area contributed by atoms with Crippen molar-refractivity contribution in [2.75, 3.05) is 6.54 Å². The maximum absolute atomic E-state index is 6.27. The van der Waals surface area contributed by atoms with E-state index in [1.165, 1.54) is 0 Å². The number of nitrogens with one attached hydrogen (secondary N) is 1. The highest BCUT2D eigenvalue weighted by Gasteiger charge is 2.16. The van der Waals surface area contributed by atoms with E-state index in [1.54, 1.807) is 6.20 Å². The van der Waals surface area contributed by atoms with Crippen LogP contribution in [0, 0.1) is 0 Å². The Bertz CT molecular complexity index is 564. The first-order chi connectivity index (χ1) is 10.1. The molecule has 1 aromatic heterocycles. The molecule has 5 heteroatoms. The second-order valence-electron chi connectivity index (χ2n) is 4.81. The number of benzene rings is 1. The van der Waals surface area contributed by atoms with E-state index in [4.69, 9.17) is 34.8 Å². The van der Waals surface area contributed by atoms with Crippen molar-refractivity contribution in [1.82, 2.24) is 10.3 Å². The van der Waals surface area contributed by atoms with E-state index in [0.29, 0.717) is 21.5 Å². The highest BCUT2D eigenvalue weighted by molar-refractivity contribution is 6.36. The average Bonchev–Trinajstić information content (AvgIpc) is 2.47. The molecule has 1 aromatic carbocycles. The van der Waals surface area contributed by atoms with Gasteiger partial charge in [-0.3, -0.25) is 4.98 Å². The van der Waals surface area contributed by atoms with Gasteiger partial charge in [0.15, 0.2) is 0 Å². The van der Waals surface area contributed by atoms with Gasteiger partial charge < -0.3 is 5.32 Å². The zero-order chi connectivity index (χ0) is 15.2. The highest BCUT2D eigenvalue weighted by atomic mass is 35.5. The molecule has 1 N–H and O–H groups in total. The summed E-state index contributed by atoms with van der Waals surface area (Å²) in [5.41, 5.74) is 1.87. The van der Waals surface area contributed by atoms with E-state index in [-0.39, 0.29) is 6.04 Å². The minimum absolute atomic E-state index is 0.0552.